The number of imidazole rings is 1. The summed E-state index contributed by atoms with van der Waals surface area (Å²) in [6, 6.07) is 17.8. The van der Waals surface area contributed by atoms with Crippen molar-refractivity contribution in [3.63, 3.8) is 0 Å². The van der Waals surface area contributed by atoms with Crippen LogP contribution in [0.2, 0.25) is 0 Å². The third-order valence-electron chi connectivity index (χ3n) is 4.10. The molecular formula is C21H19N5O2S. The lowest BCUT2D eigenvalue weighted by Gasteiger charge is -2.04. The van der Waals surface area contributed by atoms with Gasteiger partial charge in [0.25, 0.3) is 11.1 Å². The molecule has 2 heterocycles. The first-order valence-electron chi connectivity index (χ1n) is 9.04. The molecule has 0 saturated heterocycles. The molecule has 0 atom stereocenters. The van der Waals surface area contributed by atoms with Crippen LogP contribution in [0.1, 0.15) is 11.1 Å². The number of benzene rings is 2. The Morgan fingerprint density at radius 1 is 1.14 bits per heavy atom. The lowest BCUT2D eigenvalue weighted by atomic mass is 10.2. The highest BCUT2D eigenvalue weighted by molar-refractivity contribution is 7.99. The zero-order valence-corrected chi connectivity index (χ0v) is 16.6. The van der Waals surface area contributed by atoms with E-state index in [1.165, 1.54) is 17.3 Å². The summed E-state index contributed by atoms with van der Waals surface area (Å²) >= 11 is 1.19. The fourth-order valence-corrected chi connectivity index (χ4v) is 3.33. The van der Waals surface area contributed by atoms with E-state index in [9.17, 15) is 4.79 Å². The van der Waals surface area contributed by atoms with Crippen LogP contribution in [0.25, 0.3) is 11.6 Å². The predicted molar refractivity (Wildman–Crippen MR) is 112 cm³/mol. The normalized spacial score (nSPS) is 10.8. The number of carbonyl (C=O) groups excluding carboxylic acids is 1. The second kappa shape index (κ2) is 8.74. The minimum absolute atomic E-state index is 0.132. The number of hydrogen-bond donors (Lipinski definition) is 1. The maximum absolute atomic E-state index is 12.1. The third-order valence-corrected chi connectivity index (χ3v) is 4.91. The maximum atomic E-state index is 12.1. The molecule has 4 aromatic rings. The van der Waals surface area contributed by atoms with Gasteiger partial charge in [-0.15, -0.1) is 10.2 Å². The van der Waals surface area contributed by atoms with Crippen molar-refractivity contribution in [2.75, 3.05) is 11.1 Å². The van der Waals surface area contributed by atoms with Crippen LogP contribution in [-0.4, -0.2) is 31.4 Å². The van der Waals surface area contributed by atoms with Crippen LogP contribution in [0.4, 0.5) is 5.69 Å². The van der Waals surface area contributed by atoms with Crippen molar-refractivity contribution in [1.29, 1.82) is 0 Å². The molecule has 0 radical (unpaired) electrons. The quantitative estimate of drug-likeness (QED) is 0.468. The molecule has 0 unspecified atom stereocenters. The molecular weight excluding hydrogens is 386 g/mol. The Morgan fingerprint density at radius 3 is 2.83 bits per heavy atom. The fraction of sp³-hybridized carbons (Fsp3) is 0.143. The lowest BCUT2D eigenvalue weighted by molar-refractivity contribution is -0.113. The lowest BCUT2D eigenvalue weighted by Crippen LogP contribution is -2.13. The minimum Gasteiger partial charge on any atom is -0.410 e. The Morgan fingerprint density at radius 2 is 2.00 bits per heavy atom. The van der Waals surface area contributed by atoms with Crippen LogP contribution < -0.4 is 5.32 Å². The van der Waals surface area contributed by atoms with E-state index in [4.69, 9.17) is 4.42 Å². The Labute approximate surface area is 172 Å². The van der Waals surface area contributed by atoms with Gasteiger partial charge in [0.1, 0.15) is 5.69 Å². The number of aromatic nitrogens is 4. The van der Waals surface area contributed by atoms with Gasteiger partial charge in [0.05, 0.1) is 12.1 Å². The Hall–Kier alpha value is -3.39. The molecule has 29 heavy (non-hydrogen) atoms. The van der Waals surface area contributed by atoms with Crippen molar-refractivity contribution in [3.05, 3.63) is 78.2 Å². The Bertz CT molecular complexity index is 1110. The van der Waals surface area contributed by atoms with E-state index in [0.717, 1.165) is 11.3 Å². The fourth-order valence-electron chi connectivity index (χ4n) is 2.77. The highest BCUT2D eigenvalue weighted by atomic mass is 32.2. The molecule has 2 aromatic heterocycles. The summed E-state index contributed by atoms with van der Waals surface area (Å²) < 4.78 is 7.59. The second-order valence-electron chi connectivity index (χ2n) is 6.50. The van der Waals surface area contributed by atoms with Gasteiger partial charge in [-0.1, -0.05) is 54.2 Å². The smallest absolute Gasteiger partial charge is 0.277 e. The van der Waals surface area contributed by atoms with Gasteiger partial charge in [-0.05, 0) is 30.2 Å². The zero-order chi connectivity index (χ0) is 20.1. The highest BCUT2D eigenvalue weighted by Gasteiger charge is 2.13. The molecule has 1 N–H and O–H groups in total. The summed E-state index contributed by atoms with van der Waals surface area (Å²) in [6.45, 7) is 2.69. The van der Waals surface area contributed by atoms with Crippen LogP contribution >= 0.6 is 11.8 Å². The molecule has 1 amide bonds. The number of nitrogens with one attached hydrogen (secondary N) is 1. The van der Waals surface area contributed by atoms with Crippen LogP contribution in [0.3, 0.4) is 0 Å². The number of amides is 1. The van der Waals surface area contributed by atoms with Crippen LogP contribution in [0.5, 0.6) is 0 Å². The number of anilines is 1. The number of rotatable bonds is 7. The topological polar surface area (TPSA) is 85.8 Å². The summed E-state index contributed by atoms with van der Waals surface area (Å²) in [4.78, 5) is 16.4. The molecule has 8 heteroatoms. The SMILES string of the molecule is Cc1cccc(NC(=O)CSc2nnc(-c3cn(Cc4ccccc4)cn3)o2)c1. The van der Waals surface area contributed by atoms with E-state index in [2.05, 4.69) is 32.6 Å². The van der Waals surface area contributed by atoms with Gasteiger partial charge in [0.15, 0.2) is 0 Å². The monoisotopic (exact) mass is 405 g/mol. The number of carbonyl (C=O) groups is 1. The van der Waals surface area contributed by atoms with E-state index >= 15 is 0 Å². The molecule has 0 spiro atoms. The first-order chi connectivity index (χ1) is 14.2. The van der Waals surface area contributed by atoms with Crippen LogP contribution in [0.15, 0.2) is 76.8 Å². The molecule has 146 valence electrons. The maximum Gasteiger partial charge on any atom is 0.277 e. The third kappa shape index (κ3) is 5.11. The summed E-state index contributed by atoms with van der Waals surface area (Å²) in [5.74, 6) is 0.378. The first kappa shape index (κ1) is 18.9. The van der Waals surface area contributed by atoms with E-state index < -0.39 is 0 Å². The van der Waals surface area contributed by atoms with Crippen molar-refractivity contribution in [3.8, 4) is 11.6 Å². The van der Waals surface area contributed by atoms with Gasteiger partial charge >= 0.3 is 0 Å². The zero-order valence-electron chi connectivity index (χ0n) is 15.8. The van der Waals surface area contributed by atoms with E-state index in [1.54, 1.807) is 6.33 Å². The van der Waals surface area contributed by atoms with Crippen molar-refractivity contribution in [2.24, 2.45) is 0 Å². The van der Waals surface area contributed by atoms with E-state index in [0.29, 0.717) is 23.4 Å². The average Bonchev–Trinajstić information content (AvgIpc) is 3.37. The van der Waals surface area contributed by atoms with Gasteiger partial charge in [-0.2, -0.15) is 0 Å². The molecule has 0 aliphatic rings. The van der Waals surface area contributed by atoms with Crippen molar-refractivity contribution in [1.82, 2.24) is 19.7 Å². The van der Waals surface area contributed by atoms with Gasteiger partial charge in [-0.3, -0.25) is 4.79 Å². The molecule has 4 rings (SSSR count). The molecule has 0 bridgehead atoms. The number of nitrogens with zero attached hydrogens (tertiary/aromatic N) is 4. The summed E-state index contributed by atoms with van der Waals surface area (Å²) in [5, 5.41) is 11.2. The Balaban J connectivity index is 1.33. The number of hydrogen-bond acceptors (Lipinski definition) is 6. The van der Waals surface area contributed by atoms with Crippen molar-refractivity contribution < 1.29 is 9.21 Å². The number of thioether (sulfide) groups is 1. The molecule has 0 aliphatic carbocycles. The summed E-state index contributed by atoms with van der Waals surface area (Å²) in [5.41, 5.74) is 3.64. The molecule has 0 saturated carbocycles. The minimum atomic E-state index is -0.132. The van der Waals surface area contributed by atoms with E-state index in [1.807, 2.05) is 60.2 Å². The Kier molecular flexibility index (Phi) is 5.71. The molecule has 2 aromatic carbocycles. The second-order valence-corrected chi connectivity index (χ2v) is 7.42. The van der Waals surface area contributed by atoms with E-state index in [-0.39, 0.29) is 11.7 Å². The van der Waals surface area contributed by atoms with Crippen LogP contribution in [-0.2, 0) is 11.3 Å². The molecule has 7 nitrogen and oxygen atoms in total. The van der Waals surface area contributed by atoms with Crippen LogP contribution in [0, 0.1) is 6.92 Å². The van der Waals surface area contributed by atoms with Gasteiger partial charge in [-0.25, -0.2) is 4.98 Å². The first-order valence-corrected chi connectivity index (χ1v) is 10.0. The highest BCUT2D eigenvalue weighted by Crippen LogP contribution is 2.22. The van der Waals surface area contributed by atoms with Gasteiger partial charge in [0, 0.05) is 18.4 Å². The standard InChI is InChI=1S/C21H19N5O2S/c1-15-6-5-9-17(10-15)23-19(27)13-29-21-25-24-20(28-21)18-12-26(14-22-18)11-16-7-3-2-4-8-16/h2-10,12,14H,11,13H2,1H3,(H,23,27). The van der Waals surface area contributed by atoms with Gasteiger partial charge < -0.3 is 14.3 Å². The summed E-state index contributed by atoms with van der Waals surface area (Å²) in [7, 11) is 0. The number of aryl methyl sites for hydroxylation is 1. The van der Waals surface area contributed by atoms with Crippen molar-refractivity contribution in [2.45, 2.75) is 18.7 Å². The summed E-state index contributed by atoms with van der Waals surface area (Å²) in [6.07, 6.45) is 3.59. The largest absolute Gasteiger partial charge is 0.410 e. The predicted octanol–water partition coefficient (Wildman–Crippen LogP) is 4.02. The molecule has 0 aliphatic heterocycles. The molecule has 0 fully saturated rings. The van der Waals surface area contributed by atoms with Gasteiger partial charge in [0.2, 0.25) is 5.91 Å². The van der Waals surface area contributed by atoms with Crippen molar-refractivity contribution >= 4 is 23.4 Å². The average molecular weight is 405 g/mol.